The second-order valence-electron chi connectivity index (χ2n) is 7.20. The highest BCUT2D eigenvalue weighted by Gasteiger charge is 2.27. The van der Waals surface area contributed by atoms with Crippen LogP contribution in [0, 0.1) is 5.82 Å². The molecule has 1 aliphatic heterocycles. The highest BCUT2D eigenvalue weighted by molar-refractivity contribution is 5.91. The fraction of sp³-hybridized carbons (Fsp3) is 0.261. The third-order valence-electron chi connectivity index (χ3n) is 5.05. The smallest absolute Gasteiger partial charge is 0.246 e. The lowest BCUT2D eigenvalue weighted by Crippen LogP contribution is -2.38. The molecule has 5 nitrogen and oxygen atoms in total. The van der Waals surface area contributed by atoms with E-state index in [-0.39, 0.29) is 17.6 Å². The Hall–Kier alpha value is -3.28. The first-order chi connectivity index (χ1) is 14.2. The average molecular weight is 391 g/mol. The molecular weight excluding hydrogens is 369 g/mol. The van der Waals surface area contributed by atoms with Crippen LogP contribution in [0.5, 0.6) is 0 Å². The molecular formula is C23H22FN3O2. The maximum atomic E-state index is 13.0. The standard InChI is InChI=1S/C23H22FN3O2/c24-20-11-8-18(9-12-20)15-21-25-26-23(29-21)19-7-4-14-27(16-19)22(28)13-10-17-5-2-1-3-6-17/h1-3,5-6,8-13,19H,4,7,14-16H2/b13-10-. The fourth-order valence-electron chi connectivity index (χ4n) is 3.50. The first-order valence-electron chi connectivity index (χ1n) is 9.76. The van der Waals surface area contributed by atoms with Crippen molar-refractivity contribution in [2.75, 3.05) is 13.1 Å². The van der Waals surface area contributed by atoms with Gasteiger partial charge in [-0.15, -0.1) is 10.2 Å². The maximum Gasteiger partial charge on any atom is 0.246 e. The number of hydrogen-bond donors (Lipinski definition) is 0. The van der Waals surface area contributed by atoms with Gasteiger partial charge in [-0.25, -0.2) is 4.39 Å². The second kappa shape index (κ2) is 8.82. The molecule has 1 aliphatic rings. The molecule has 1 atom stereocenters. The summed E-state index contributed by atoms with van der Waals surface area (Å²) in [5.74, 6) is 0.816. The fourth-order valence-corrected chi connectivity index (χ4v) is 3.50. The SMILES string of the molecule is O=C(/C=C\c1ccccc1)N1CCCC(c2nnc(Cc3ccc(F)cc3)o2)C1. The molecule has 3 aromatic rings. The van der Waals surface area contributed by atoms with Gasteiger partial charge in [0.25, 0.3) is 0 Å². The van der Waals surface area contributed by atoms with Crippen LogP contribution in [0.25, 0.3) is 6.08 Å². The van der Waals surface area contributed by atoms with E-state index in [1.165, 1.54) is 12.1 Å². The van der Waals surface area contributed by atoms with Crippen LogP contribution < -0.4 is 0 Å². The highest BCUT2D eigenvalue weighted by atomic mass is 19.1. The van der Waals surface area contributed by atoms with Gasteiger partial charge in [0.15, 0.2) is 0 Å². The normalized spacial score (nSPS) is 17.0. The molecule has 2 heterocycles. The van der Waals surface area contributed by atoms with Crippen molar-refractivity contribution >= 4 is 12.0 Å². The maximum absolute atomic E-state index is 13.0. The number of carbonyl (C=O) groups excluding carboxylic acids is 1. The molecule has 4 rings (SSSR count). The summed E-state index contributed by atoms with van der Waals surface area (Å²) in [7, 11) is 0. The summed E-state index contributed by atoms with van der Waals surface area (Å²) >= 11 is 0. The van der Waals surface area contributed by atoms with Crippen molar-refractivity contribution in [3.63, 3.8) is 0 Å². The van der Waals surface area contributed by atoms with Crippen molar-refractivity contribution in [1.29, 1.82) is 0 Å². The van der Waals surface area contributed by atoms with Crippen LogP contribution in [0.2, 0.25) is 0 Å². The quantitative estimate of drug-likeness (QED) is 0.611. The summed E-state index contributed by atoms with van der Waals surface area (Å²) in [5.41, 5.74) is 1.91. The van der Waals surface area contributed by atoms with E-state index >= 15 is 0 Å². The molecule has 0 aliphatic carbocycles. The molecule has 2 aromatic carbocycles. The third kappa shape index (κ3) is 4.96. The van der Waals surface area contributed by atoms with Gasteiger partial charge >= 0.3 is 0 Å². The number of hydrogen-bond acceptors (Lipinski definition) is 4. The Morgan fingerprint density at radius 3 is 2.72 bits per heavy atom. The van der Waals surface area contributed by atoms with Crippen molar-refractivity contribution in [1.82, 2.24) is 15.1 Å². The Morgan fingerprint density at radius 2 is 1.93 bits per heavy atom. The summed E-state index contributed by atoms with van der Waals surface area (Å²) in [6, 6.07) is 16.0. The number of benzene rings is 2. The molecule has 6 heteroatoms. The van der Waals surface area contributed by atoms with Crippen molar-refractivity contribution in [2.45, 2.75) is 25.2 Å². The largest absolute Gasteiger partial charge is 0.425 e. The van der Waals surface area contributed by atoms with Crippen molar-refractivity contribution in [2.24, 2.45) is 0 Å². The van der Waals surface area contributed by atoms with E-state index in [2.05, 4.69) is 10.2 Å². The first kappa shape index (κ1) is 19.1. The van der Waals surface area contributed by atoms with Crippen molar-refractivity contribution in [3.05, 3.63) is 89.4 Å². The molecule has 1 unspecified atom stereocenters. The monoisotopic (exact) mass is 391 g/mol. The Labute approximate surface area is 168 Å². The molecule has 0 bridgehead atoms. The van der Waals surface area contributed by atoms with Crippen LogP contribution in [0.3, 0.4) is 0 Å². The van der Waals surface area contributed by atoms with Crippen molar-refractivity contribution in [3.8, 4) is 0 Å². The number of carbonyl (C=O) groups is 1. The van der Waals surface area contributed by atoms with Gasteiger partial charge < -0.3 is 9.32 Å². The number of halogens is 1. The van der Waals surface area contributed by atoms with E-state index in [1.807, 2.05) is 41.3 Å². The molecule has 0 N–H and O–H groups in total. The van der Waals surface area contributed by atoms with Gasteiger partial charge in [0, 0.05) is 19.2 Å². The van der Waals surface area contributed by atoms with Gasteiger partial charge in [-0.1, -0.05) is 42.5 Å². The van der Waals surface area contributed by atoms with E-state index in [9.17, 15) is 9.18 Å². The Bertz CT molecular complexity index is 983. The van der Waals surface area contributed by atoms with E-state index in [0.717, 1.165) is 30.5 Å². The minimum atomic E-state index is -0.270. The van der Waals surface area contributed by atoms with Crippen LogP contribution in [-0.2, 0) is 11.2 Å². The topological polar surface area (TPSA) is 59.2 Å². The molecule has 1 aromatic heterocycles. The van der Waals surface area contributed by atoms with E-state index < -0.39 is 0 Å². The molecule has 0 radical (unpaired) electrons. The second-order valence-corrected chi connectivity index (χ2v) is 7.20. The van der Waals surface area contributed by atoms with Crippen LogP contribution in [0.4, 0.5) is 4.39 Å². The van der Waals surface area contributed by atoms with Gasteiger partial charge in [0.2, 0.25) is 17.7 Å². The summed E-state index contributed by atoms with van der Waals surface area (Å²) < 4.78 is 18.9. The zero-order valence-electron chi connectivity index (χ0n) is 16.0. The zero-order valence-corrected chi connectivity index (χ0v) is 16.0. The molecule has 1 fully saturated rings. The predicted octanol–water partition coefficient (Wildman–Crippen LogP) is 4.22. The predicted molar refractivity (Wildman–Crippen MR) is 108 cm³/mol. The minimum Gasteiger partial charge on any atom is -0.425 e. The lowest BCUT2D eigenvalue weighted by molar-refractivity contribution is -0.127. The lowest BCUT2D eigenvalue weighted by Gasteiger charge is -2.30. The molecule has 0 spiro atoms. The van der Waals surface area contributed by atoms with Gasteiger partial charge in [-0.2, -0.15) is 0 Å². The van der Waals surface area contributed by atoms with Gasteiger partial charge in [0.1, 0.15) is 5.82 Å². The Balaban J connectivity index is 1.38. The van der Waals surface area contributed by atoms with Gasteiger partial charge in [-0.3, -0.25) is 4.79 Å². The summed E-state index contributed by atoms with van der Waals surface area (Å²) in [5, 5.41) is 8.32. The van der Waals surface area contributed by atoms with Crippen LogP contribution in [0.15, 0.2) is 65.1 Å². The van der Waals surface area contributed by atoms with Crippen LogP contribution in [0.1, 0.15) is 41.7 Å². The Morgan fingerprint density at radius 1 is 1.14 bits per heavy atom. The number of rotatable bonds is 5. The van der Waals surface area contributed by atoms with E-state index in [1.54, 1.807) is 18.2 Å². The highest BCUT2D eigenvalue weighted by Crippen LogP contribution is 2.26. The molecule has 0 saturated carbocycles. The third-order valence-corrected chi connectivity index (χ3v) is 5.05. The average Bonchev–Trinajstić information content (AvgIpc) is 3.23. The summed E-state index contributed by atoms with van der Waals surface area (Å²) in [6.07, 6.45) is 5.71. The van der Waals surface area contributed by atoms with Crippen molar-refractivity contribution < 1.29 is 13.6 Å². The van der Waals surface area contributed by atoms with Crippen LogP contribution >= 0.6 is 0 Å². The van der Waals surface area contributed by atoms with Crippen LogP contribution in [-0.4, -0.2) is 34.1 Å². The van der Waals surface area contributed by atoms with E-state index in [4.69, 9.17) is 4.42 Å². The number of nitrogens with zero attached hydrogens (tertiary/aromatic N) is 3. The van der Waals surface area contributed by atoms with E-state index in [0.29, 0.717) is 24.7 Å². The molecule has 1 saturated heterocycles. The minimum absolute atomic E-state index is 0.00963. The van der Waals surface area contributed by atoms with Gasteiger partial charge in [0.05, 0.1) is 12.3 Å². The molecule has 1 amide bonds. The first-order valence-corrected chi connectivity index (χ1v) is 9.76. The number of piperidine rings is 1. The Kier molecular flexibility index (Phi) is 5.79. The lowest BCUT2D eigenvalue weighted by atomic mass is 9.98. The summed E-state index contributed by atoms with van der Waals surface area (Å²) in [6.45, 7) is 1.29. The number of aromatic nitrogens is 2. The summed E-state index contributed by atoms with van der Waals surface area (Å²) in [4.78, 5) is 14.4. The molecule has 29 heavy (non-hydrogen) atoms. The number of amides is 1. The zero-order chi connectivity index (χ0) is 20.1. The molecule has 148 valence electrons. The number of likely N-dealkylation sites (tertiary alicyclic amines) is 1. The van der Waals surface area contributed by atoms with Gasteiger partial charge in [-0.05, 0) is 42.2 Å².